The van der Waals surface area contributed by atoms with Gasteiger partial charge < -0.3 is 5.32 Å². The van der Waals surface area contributed by atoms with E-state index in [4.69, 9.17) is 0 Å². The van der Waals surface area contributed by atoms with Crippen LogP contribution < -0.4 is 5.32 Å². The number of likely N-dealkylation sites (tertiary alicyclic amines) is 1. The number of hydrogen-bond acceptors (Lipinski definition) is 3. The molecule has 2 bridgehead atoms. The Morgan fingerprint density at radius 3 is 2.24 bits per heavy atom. The summed E-state index contributed by atoms with van der Waals surface area (Å²) in [5.41, 5.74) is 3.54. The van der Waals surface area contributed by atoms with Crippen LogP contribution >= 0.6 is 15.9 Å². The van der Waals surface area contributed by atoms with Crippen LogP contribution in [0.2, 0.25) is 0 Å². The third-order valence-corrected chi connectivity index (χ3v) is 9.20. The highest BCUT2D eigenvalue weighted by atomic mass is 79.9. The molecule has 4 aliphatic carbocycles. The predicted octanol–water partition coefficient (Wildman–Crippen LogP) is 4.67. The van der Waals surface area contributed by atoms with Gasteiger partial charge in [0.2, 0.25) is 17.7 Å². The van der Waals surface area contributed by atoms with Gasteiger partial charge in [0.25, 0.3) is 0 Å². The van der Waals surface area contributed by atoms with Crippen LogP contribution in [-0.4, -0.2) is 28.7 Å². The van der Waals surface area contributed by atoms with Crippen molar-refractivity contribution < 1.29 is 14.4 Å². The first kappa shape index (κ1) is 21.8. The van der Waals surface area contributed by atoms with Crippen molar-refractivity contribution in [3.63, 3.8) is 0 Å². The van der Waals surface area contributed by atoms with Gasteiger partial charge in [0.1, 0.15) is 6.04 Å². The van der Waals surface area contributed by atoms with Crippen LogP contribution in [0.4, 0.5) is 5.69 Å². The Kier molecular flexibility index (Phi) is 5.07. The Morgan fingerprint density at radius 2 is 1.62 bits per heavy atom. The Morgan fingerprint density at radius 1 is 1.00 bits per heavy atom. The van der Waals surface area contributed by atoms with E-state index in [0.717, 1.165) is 27.6 Å². The number of aryl methyl sites for hydroxylation is 2. The maximum atomic E-state index is 13.7. The van der Waals surface area contributed by atoms with Crippen molar-refractivity contribution in [3.05, 3.63) is 75.8 Å². The number of benzene rings is 2. The summed E-state index contributed by atoms with van der Waals surface area (Å²) in [4.78, 5) is 42.5. The zero-order valence-electron chi connectivity index (χ0n) is 19.2. The van der Waals surface area contributed by atoms with Crippen LogP contribution in [0.3, 0.4) is 0 Å². The number of hydrogen-bond donors (Lipinski definition) is 1. The van der Waals surface area contributed by atoms with Gasteiger partial charge in [-0.05, 0) is 72.8 Å². The number of halogens is 1. The van der Waals surface area contributed by atoms with Crippen molar-refractivity contribution in [2.45, 2.75) is 32.7 Å². The summed E-state index contributed by atoms with van der Waals surface area (Å²) in [6.07, 6.45) is 5.74. The third kappa shape index (κ3) is 3.29. The average molecular weight is 519 g/mol. The molecule has 2 saturated carbocycles. The molecule has 0 aromatic heterocycles. The number of carbonyl (C=O) groups excluding carboxylic acids is 3. The minimum absolute atomic E-state index is 0.137. The van der Waals surface area contributed by atoms with Crippen LogP contribution in [0, 0.1) is 49.4 Å². The average Bonchev–Trinajstić information content (AvgIpc) is 3.60. The molecule has 7 atom stereocenters. The molecule has 6 heteroatoms. The molecule has 2 aromatic carbocycles. The SMILES string of the molecule is Cc1cc(NC(=O)C(Cc2ccccc2)N2C(=O)C3C4C=CC(C5CC45)C3C2=O)c(C)cc1Br. The molecule has 5 aliphatic rings. The van der Waals surface area contributed by atoms with E-state index in [1.807, 2.05) is 56.3 Å². The summed E-state index contributed by atoms with van der Waals surface area (Å²) in [6, 6.07) is 12.6. The second-order valence-corrected chi connectivity index (χ2v) is 11.2. The monoisotopic (exact) mass is 518 g/mol. The maximum Gasteiger partial charge on any atom is 0.248 e. The number of rotatable bonds is 5. The molecule has 7 rings (SSSR count). The molecule has 1 aliphatic heterocycles. The van der Waals surface area contributed by atoms with Crippen LogP contribution in [0.1, 0.15) is 23.1 Å². The summed E-state index contributed by atoms with van der Waals surface area (Å²) in [5, 5.41) is 3.03. The highest BCUT2D eigenvalue weighted by molar-refractivity contribution is 9.10. The van der Waals surface area contributed by atoms with Gasteiger partial charge in [-0.15, -0.1) is 0 Å². The Labute approximate surface area is 207 Å². The largest absolute Gasteiger partial charge is 0.324 e. The molecule has 1 heterocycles. The van der Waals surface area contributed by atoms with Crippen molar-refractivity contribution in [2.24, 2.45) is 35.5 Å². The van der Waals surface area contributed by atoms with Gasteiger partial charge in [-0.3, -0.25) is 19.3 Å². The van der Waals surface area contributed by atoms with E-state index in [9.17, 15) is 14.4 Å². The highest BCUT2D eigenvalue weighted by Gasteiger charge is 2.67. The molecule has 3 fully saturated rings. The molecule has 3 amide bonds. The quantitative estimate of drug-likeness (QED) is 0.462. The van der Waals surface area contributed by atoms with E-state index in [0.29, 0.717) is 23.9 Å². The summed E-state index contributed by atoms with van der Waals surface area (Å²) in [6.45, 7) is 3.90. The van der Waals surface area contributed by atoms with Gasteiger partial charge in [-0.1, -0.05) is 58.4 Å². The molecule has 174 valence electrons. The van der Waals surface area contributed by atoms with Crippen molar-refractivity contribution in [2.75, 3.05) is 5.32 Å². The van der Waals surface area contributed by atoms with E-state index >= 15 is 0 Å². The lowest BCUT2D eigenvalue weighted by Crippen LogP contribution is -2.49. The molecule has 0 radical (unpaired) electrons. The summed E-state index contributed by atoms with van der Waals surface area (Å²) in [7, 11) is 0. The zero-order chi connectivity index (χ0) is 23.7. The Bertz CT molecular complexity index is 1200. The van der Waals surface area contributed by atoms with Crippen LogP contribution in [0.15, 0.2) is 59.1 Å². The molecule has 1 saturated heterocycles. The number of nitrogens with zero attached hydrogens (tertiary/aromatic N) is 1. The highest BCUT2D eigenvalue weighted by Crippen LogP contribution is 2.65. The minimum Gasteiger partial charge on any atom is -0.324 e. The number of carbonyl (C=O) groups is 3. The lowest BCUT2D eigenvalue weighted by atomic mass is 9.63. The molecule has 1 N–H and O–H groups in total. The fraction of sp³-hybridized carbons (Fsp3) is 0.393. The van der Waals surface area contributed by atoms with Gasteiger partial charge in [0, 0.05) is 16.6 Å². The Balaban J connectivity index is 1.34. The van der Waals surface area contributed by atoms with Crippen LogP contribution in [-0.2, 0) is 20.8 Å². The number of imide groups is 1. The molecular weight excluding hydrogens is 492 g/mol. The first-order valence-electron chi connectivity index (χ1n) is 12.0. The van der Waals surface area contributed by atoms with Crippen LogP contribution in [0.5, 0.6) is 0 Å². The summed E-state index contributed by atoms with van der Waals surface area (Å²) < 4.78 is 0.972. The van der Waals surface area contributed by atoms with E-state index in [2.05, 4.69) is 33.4 Å². The molecular formula is C28H27BrN2O3. The maximum absolute atomic E-state index is 13.7. The third-order valence-electron chi connectivity index (χ3n) is 8.35. The Hall–Kier alpha value is -2.73. The lowest BCUT2D eigenvalue weighted by Gasteiger charge is -2.37. The predicted molar refractivity (Wildman–Crippen MR) is 133 cm³/mol. The number of allylic oxidation sites excluding steroid dienone is 2. The first-order valence-corrected chi connectivity index (χ1v) is 12.8. The van der Waals surface area contributed by atoms with E-state index in [-0.39, 0.29) is 41.4 Å². The first-order chi connectivity index (χ1) is 16.3. The van der Waals surface area contributed by atoms with E-state index in [1.165, 1.54) is 4.90 Å². The number of nitrogens with one attached hydrogen (secondary N) is 1. The van der Waals surface area contributed by atoms with Gasteiger partial charge in [0.15, 0.2) is 0 Å². The van der Waals surface area contributed by atoms with E-state index < -0.39 is 6.04 Å². The second kappa shape index (κ2) is 7.91. The fourth-order valence-electron chi connectivity index (χ4n) is 6.56. The second-order valence-electron chi connectivity index (χ2n) is 10.3. The van der Waals surface area contributed by atoms with Crippen molar-refractivity contribution in [3.8, 4) is 0 Å². The van der Waals surface area contributed by atoms with Gasteiger partial charge in [0.05, 0.1) is 11.8 Å². The van der Waals surface area contributed by atoms with E-state index in [1.54, 1.807) is 0 Å². The van der Waals surface area contributed by atoms with Gasteiger partial charge in [-0.25, -0.2) is 0 Å². The molecule has 7 unspecified atom stereocenters. The number of anilines is 1. The summed E-state index contributed by atoms with van der Waals surface area (Å²) >= 11 is 3.53. The number of amides is 3. The van der Waals surface area contributed by atoms with Crippen molar-refractivity contribution in [1.29, 1.82) is 0 Å². The molecule has 2 aromatic rings. The standard InChI is InChI=1S/C28H27BrN2O3/c1-14-11-22(15(2)10-21(14)29)30-26(32)23(12-16-6-4-3-5-7-16)31-27(33)24-17-8-9-18(20-13-19(17)20)25(24)28(31)34/h3-11,17-20,23-25H,12-13H2,1-2H3,(H,30,32). The topological polar surface area (TPSA) is 66.5 Å². The molecule has 5 nitrogen and oxygen atoms in total. The fourth-order valence-corrected chi connectivity index (χ4v) is 7.02. The summed E-state index contributed by atoms with van der Waals surface area (Å²) in [5.74, 6) is 0.0587. The van der Waals surface area contributed by atoms with Gasteiger partial charge >= 0.3 is 0 Å². The molecule has 34 heavy (non-hydrogen) atoms. The van der Waals surface area contributed by atoms with Crippen molar-refractivity contribution in [1.82, 2.24) is 4.90 Å². The van der Waals surface area contributed by atoms with Gasteiger partial charge in [-0.2, -0.15) is 0 Å². The normalized spacial score (nSPS) is 31.3. The smallest absolute Gasteiger partial charge is 0.248 e. The minimum atomic E-state index is -0.882. The lowest BCUT2D eigenvalue weighted by molar-refractivity contribution is -0.146. The molecule has 0 spiro atoms. The van der Waals surface area contributed by atoms with Crippen molar-refractivity contribution >= 4 is 39.3 Å². The zero-order valence-corrected chi connectivity index (χ0v) is 20.8. The van der Waals surface area contributed by atoms with Crippen LogP contribution in [0.25, 0.3) is 0 Å².